The first-order valence-corrected chi connectivity index (χ1v) is 9.74. The number of hydrogen-bond acceptors (Lipinski definition) is 7. The molecule has 1 unspecified atom stereocenters. The van der Waals surface area contributed by atoms with Crippen molar-refractivity contribution in [1.82, 2.24) is 29.7 Å². The second kappa shape index (κ2) is 8.46. The van der Waals surface area contributed by atoms with Crippen LogP contribution in [0.25, 0.3) is 17.2 Å². The molecule has 164 valence electrons. The van der Waals surface area contributed by atoms with Crippen molar-refractivity contribution in [3.05, 3.63) is 36.5 Å². The van der Waals surface area contributed by atoms with Crippen LogP contribution in [0.15, 0.2) is 30.9 Å². The third-order valence-electron chi connectivity index (χ3n) is 5.08. The summed E-state index contributed by atoms with van der Waals surface area (Å²) >= 11 is 0. The van der Waals surface area contributed by atoms with Crippen LogP contribution in [0.4, 0.5) is 19.0 Å². The molecule has 3 aromatic rings. The monoisotopic (exact) mass is 435 g/mol. The summed E-state index contributed by atoms with van der Waals surface area (Å²) in [5.41, 5.74) is -0.488. The van der Waals surface area contributed by atoms with Gasteiger partial charge < -0.3 is 15.3 Å². The lowest BCUT2D eigenvalue weighted by Gasteiger charge is -2.32. The van der Waals surface area contributed by atoms with Gasteiger partial charge in [-0.1, -0.05) is 0 Å². The summed E-state index contributed by atoms with van der Waals surface area (Å²) in [4.78, 5) is 30.4. The number of carbonyl (C=O) groups excluding carboxylic acids is 1. The molecule has 0 saturated carbocycles. The molecule has 0 aromatic carbocycles. The standard InChI is InChI=1S/C19H20F3N7O2/c20-19(21,22)14-11-29-13(8-26-16(29)9-25-14)17-23-4-3-15(27-17)28-6-1-2-12(10-28)18(31)24-5-7-30/h3-4,8-9,11-12,30H,1-2,5-7,10H2,(H,24,31). The minimum Gasteiger partial charge on any atom is -0.395 e. The van der Waals surface area contributed by atoms with Gasteiger partial charge in [-0.05, 0) is 18.9 Å². The molecule has 1 amide bonds. The molecule has 4 heterocycles. The molecule has 0 bridgehead atoms. The van der Waals surface area contributed by atoms with Crippen LogP contribution in [0.2, 0.25) is 0 Å². The van der Waals surface area contributed by atoms with Gasteiger partial charge in [0, 0.05) is 32.0 Å². The fourth-order valence-corrected chi connectivity index (χ4v) is 3.57. The number of carbonyl (C=O) groups is 1. The number of nitrogens with zero attached hydrogens (tertiary/aromatic N) is 6. The lowest BCUT2D eigenvalue weighted by molar-refractivity contribution is -0.141. The number of aliphatic hydroxyl groups excluding tert-OH is 1. The molecule has 1 fully saturated rings. The molecule has 2 N–H and O–H groups in total. The Labute approximate surface area is 175 Å². The van der Waals surface area contributed by atoms with E-state index in [9.17, 15) is 18.0 Å². The number of piperidine rings is 1. The van der Waals surface area contributed by atoms with Gasteiger partial charge in [-0.15, -0.1) is 0 Å². The fraction of sp³-hybridized carbons (Fsp3) is 0.421. The average Bonchev–Trinajstić information content (AvgIpc) is 3.20. The van der Waals surface area contributed by atoms with Gasteiger partial charge in [-0.25, -0.2) is 19.9 Å². The molecule has 1 aliphatic rings. The smallest absolute Gasteiger partial charge is 0.395 e. The van der Waals surface area contributed by atoms with Gasteiger partial charge in [-0.2, -0.15) is 13.2 Å². The van der Waals surface area contributed by atoms with Gasteiger partial charge in [0.15, 0.2) is 17.2 Å². The number of anilines is 1. The van der Waals surface area contributed by atoms with Crippen LogP contribution in [0.1, 0.15) is 18.5 Å². The zero-order valence-corrected chi connectivity index (χ0v) is 16.4. The Bertz CT molecular complexity index is 1090. The van der Waals surface area contributed by atoms with E-state index in [1.54, 1.807) is 6.07 Å². The van der Waals surface area contributed by atoms with Gasteiger partial charge in [-0.3, -0.25) is 9.20 Å². The molecule has 0 spiro atoms. The largest absolute Gasteiger partial charge is 0.434 e. The molecule has 1 atom stereocenters. The molecule has 9 nitrogen and oxygen atoms in total. The minimum absolute atomic E-state index is 0.123. The third kappa shape index (κ3) is 4.43. The molecule has 1 saturated heterocycles. The van der Waals surface area contributed by atoms with Gasteiger partial charge in [0.1, 0.15) is 11.5 Å². The van der Waals surface area contributed by atoms with E-state index in [4.69, 9.17) is 5.11 Å². The molecule has 12 heteroatoms. The third-order valence-corrected chi connectivity index (χ3v) is 5.08. The molecular formula is C19H20F3N7O2. The quantitative estimate of drug-likeness (QED) is 0.626. The number of nitrogens with one attached hydrogen (secondary N) is 1. The number of aromatic nitrogens is 5. The van der Waals surface area contributed by atoms with Gasteiger partial charge >= 0.3 is 6.18 Å². The number of alkyl halides is 3. The summed E-state index contributed by atoms with van der Waals surface area (Å²) in [7, 11) is 0. The normalized spacial score (nSPS) is 17.2. The summed E-state index contributed by atoms with van der Waals surface area (Å²) in [6, 6.07) is 1.70. The average molecular weight is 435 g/mol. The number of rotatable bonds is 5. The van der Waals surface area contributed by atoms with E-state index >= 15 is 0 Å². The summed E-state index contributed by atoms with van der Waals surface area (Å²) in [5.74, 6) is 0.429. The van der Waals surface area contributed by atoms with Crippen LogP contribution in [-0.2, 0) is 11.0 Å². The maximum absolute atomic E-state index is 13.1. The van der Waals surface area contributed by atoms with E-state index in [0.717, 1.165) is 25.2 Å². The Kier molecular flexibility index (Phi) is 5.72. The number of amides is 1. The van der Waals surface area contributed by atoms with Crippen LogP contribution in [0.3, 0.4) is 0 Å². The lowest BCUT2D eigenvalue weighted by atomic mass is 9.97. The number of imidazole rings is 1. The zero-order valence-electron chi connectivity index (χ0n) is 16.4. The first-order valence-electron chi connectivity index (χ1n) is 9.74. The highest BCUT2D eigenvalue weighted by Gasteiger charge is 2.33. The van der Waals surface area contributed by atoms with Crippen molar-refractivity contribution in [3.63, 3.8) is 0 Å². The van der Waals surface area contributed by atoms with Crippen molar-refractivity contribution in [2.24, 2.45) is 5.92 Å². The van der Waals surface area contributed by atoms with Crippen molar-refractivity contribution in [1.29, 1.82) is 0 Å². The van der Waals surface area contributed by atoms with Crippen molar-refractivity contribution in [2.75, 3.05) is 31.1 Å². The maximum atomic E-state index is 13.1. The van der Waals surface area contributed by atoms with Crippen LogP contribution >= 0.6 is 0 Å². The highest BCUT2D eigenvalue weighted by atomic mass is 19.4. The molecule has 31 heavy (non-hydrogen) atoms. The highest BCUT2D eigenvalue weighted by molar-refractivity contribution is 5.79. The molecular weight excluding hydrogens is 415 g/mol. The summed E-state index contributed by atoms with van der Waals surface area (Å²) < 4.78 is 40.4. The van der Waals surface area contributed by atoms with Crippen molar-refractivity contribution in [2.45, 2.75) is 19.0 Å². The molecule has 0 aliphatic carbocycles. The van der Waals surface area contributed by atoms with Crippen LogP contribution in [0, 0.1) is 5.92 Å². The Morgan fingerprint density at radius 3 is 2.87 bits per heavy atom. The number of fused-ring (bicyclic) bond motifs is 1. The first kappa shape index (κ1) is 21.0. The van der Waals surface area contributed by atoms with E-state index in [0.29, 0.717) is 24.6 Å². The molecule has 3 aromatic heterocycles. The Morgan fingerprint density at radius 1 is 1.26 bits per heavy atom. The van der Waals surface area contributed by atoms with Crippen molar-refractivity contribution in [3.8, 4) is 11.5 Å². The van der Waals surface area contributed by atoms with E-state index in [1.165, 1.54) is 16.8 Å². The van der Waals surface area contributed by atoms with Crippen LogP contribution in [0.5, 0.6) is 0 Å². The maximum Gasteiger partial charge on any atom is 0.434 e. The minimum atomic E-state index is -4.59. The van der Waals surface area contributed by atoms with E-state index in [2.05, 4.69) is 25.3 Å². The second-order valence-corrected chi connectivity index (χ2v) is 7.18. The lowest BCUT2D eigenvalue weighted by Crippen LogP contribution is -2.44. The predicted octanol–water partition coefficient (Wildman–Crippen LogP) is 1.53. The second-order valence-electron chi connectivity index (χ2n) is 7.18. The molecule has 1 aliphatic heterocycles. The number of hydrogen-bond donors (Lipinski definition) is 2. The van der Waals surface area contributed by atoms with E-state index < -0.39 is 11.9 Å². The Hall–Kier alpha value is -3.28. The van der Waals surface area contributed by atoms with Crippen LogP contribution < -0.4 is 10.2 Å². The van der Waals surface area contributed by atoms with Gasteiger partial charge in [0.2, 0.25) is 5.91 Å². The Morgan fingerprint density at radius 2 is 2.10 bits per heavy atom. The summed E-state index contributed by atoms with van der Waals surface area (Å²) in [5, 5.41) is 11.6. The van der Waals surface area contributed by atoms with E-state index in [-0.39, 0.29) is 36.4 Å². The van der Waals surface area contributed by atoms with Crippen molar-refractivity contribution < 1.29 is 23.1 Å². The summed E-state index contributed by atoms with van der Waals surface area (Å²) in [6.45, 7) is 1.22. The fourth-order valence-electron chi connectivity index (χ4n) is 3.57. The predicted molar refractivity (Wildman–Crippen MR) is 104 cm³/mol. The number of aliphatic hydroxyl groups is 1. The molecule has 4 rings (SSSR count). The summed E-state index contributed by atoms with van der Waals surface area (Å²) in [6.07, 6.45) is 1.78. The van der Waals surface area contributed by atoms with Crippen LogP contribution in [-0.4, -0.2) is 61.6 Å². The molecule has 0 radical (unpaired) electrons. The Balaban J connectivity index is 1.61. The van der Waals surface area contributed by atoms with E-state index in [1.807, 2.05) is 4.90 Å². The topological polar surface area (TPSA) is 109 Å². The zero-order chi connectivity index (χ0) is 22.0. The van der Waals surface area contributed by atoms with Crippen molar-refractivity contribution >= 4 is 17.4 Å². The number of halogens is 3. The highest BCUT2D eigenvalue weighted by Crippen LogP contribution is 2.29. The first-order chi connectivity index (χ1) is 14.9. The van der Waals surface area contributed by atoms with Gasteiger partial charge in [0.25, 0.3) is 0 Å². The SMILES string of the molecule is O=C(NCCO)C1CCCN(c2ccnc(-c3cnc4cnc(C(F)(F)F)cn34)n2)C1. The van der Waals surface area contributed by atoms with Gasteiger partial charge in [0.05, 0.1) is 24.9 Å².